The third kappa shape index (κ3) is 6.00. The molecule has 2 aliphatic carbocycles. The third-order valence-electron chi connectivity index (χ3n) is 8.03. The van der Waals surface area contributed by atoms with Gasteiger partial charge in [0, 0.05) is 24.1 Å². The van der Waals surface area contributed by atoms with E-state index in [9.17, 15) is 13.6 Å². The van der Waals surface area contributed by atoms with E-state index in [2.05, 4.69) is 30.1 Å². The van der Waals surface area contributed by atoms with E-state index in [0.29, 0.717) is 29.6 Å². The van der Waals surface area contributed by atoms with Gasteiger partial charge in [0.1, 0.15) is 11.6 Å². The number of nitrogens with zero attached hydrogens (tertiary/aromatic N) is 1. The molecule has 0 spiro atoms. The fourth-order valence-corrected chi connectivity index (χ4v) is 5.71. The number of carbonyl (C=O) groups is 1. The molecule has 1 heterocycles. The van der Waals surface area contributed by atoms with E-state index < -0.39 is 0 Å². The number of aryl methyl sites for hydroxylation is 2. The Morgan fingerprint density at radius 3 is 2.71 bits per heavy atom. The molecule has 1 aromatic heterocycles. The fourth-order valence-electron chi connectivity index (χ4n) is 5.71. The molecular weight excluding hydrogens is 428 g/mol. The van der Waals surface area contributed by atoms with Crippen molar-refractivity contribution in [2.75, 3.05) is 6.67 Å². The second-order valence-corrected chi connectivity index (χ2v) is 10.6. The first kappa shape index (κ1) is 24.8. The molecule has 1 aromatic carbocycles. The van der Waals surface area contributed by atoms with Crippen molar-refractivity contribution in [3.8, 4) is 11.1 Å². The van der Waals surface area contributed by atoms with Gasteiger partial charge in [-0.1, -0.05) is 25.5 Å². The predicted molar refractivity (Wildman–Crippen MR) is 135 cm³/mol. The van der Waals surface area contributed by atoms with Crippen molar-refractivity contribution in [3.63, 3.8) is 0 Å². The topological polar surface area (TPSA) is 30.0 Å². The molecule has 2 aliphatic rings. The fraction of sp³-hybridized carbons (Fsp3) is 0.533. The van der Waals surface area contributed by atoms with Gasteiger partial charge in [0.15, 0.2) is 0 Å². The van der Waals surface area contributed by atoms with Crippen LogP contribution in [0.4, 0.5) is 8.78 Å². The molecule has 182 valence electrons. The molecule has 34 heavy (non-hydrogen) atoms. The summed E-state index contributed by atoms with van der Waals surface area (Å²) in [5, 5.41) is 0. The zero-order chi connectivity index (χ0) is 24.1. The average Bonchev–Trinajstić information content (AvgIpc) is 2.81. The van der Waals surface area contributed by atoms with Crippen LogP contribution in [0.2, 0.25) is 0 Å². The number of rotatable bonds is 5. The number of hydrogen-bond acceptors (Lipinski definition) is 2. The molecule has 0 saturated heterocycles. The van der Waals surface area contributed by atoms with Crippen molar-refractivity contribution in [3.05, 3.63) is 59.2 Å². The summed E-state index contributed by atoms with van der Waals surface area (Å²) in [5.41, 5.74) is 4.78. The summed E-state index contributed by atoms with van der Waals surface area (Å²) >= 11 is 0. The predicted octanol–water partition coefficient (Wildman–Crippen LogP) is 7.92. The number of alkyl halides is 1. The van der Waals surface area contributed by atoms with Crippen LogP contribution in [0.25, 0.3) is 17.2 Å². The molecule has 2 aromatic rings. The van der Waals surface area contributed by atoms with Crippen molar-refractivity contribution < 1.29 is 13.6 Å². The molecule has 1 fully saturated rings. The minimum Gasteiger partial charge on any atom is -0.299 e. The molecule has 0 N–H and O–H groups in total. The highest BCUT2D eigenvalue weighted by atomic mass is 19.1. The number of halogens is 2. The summed E-state index contributed by atoms with van der Waals surface area (Å²) in [6, 6.07) is 7.35. The van der Waals surface area contributed by atoms with E-state index in [1.54, 1.807) is 13.0 Å². The Kier molecular flexibility index (Phi) is 8.28. The normalized spacial score (nSPS) is 25.5. The number of benzene rings is 1. The van der Waals surface area contributed by atoms with Gasteiger partial charge < -0.3 is 0 Å². The number of ketones is 1. The Morgan fingerprint density at radius 1 is 1.06 bits per heavy atom. The minimum atomic E-state index is -0.224. The second kappa shape index (κ2) is 11.4. The molecule has 4 unspecified atom stereocenters. The number of allylic oxidation sites excluding steroid dienone is 1. The molecule has 0 amide bonds. The Bertz CT molecular complexity index is 1030. The lowest BCUT2D eigenvalue weighted by molar-refractivity contribution is -0.126. The van der Waals surface area contributed by atoms with Crippen LogP contribution < -0.4 is 0 Å². The first-order valence-corrected chi connectivity index (χ1v) is 12.9. The Hall–Kier alpha value is -2.36. The van der Waals surface area contributed by atoms with Gasteiger partial charge in [-0.2, -0.15) is 0 Å². The number of carbonyl (C=O) groups excluding carboxylic acids is 1. The lowest BCUT2D eigenvalue weighted by Crippen LogP contribution is -2.27. The van der Waals surface area contributed by atoms with Gasteiger partial charge >= 0.3 is 0 Å². The summed E-state index contributed by atoms with van der Waals surface area (Å²) in [6.07, 6.45) is 14.1. The van der Waals surface area contributed by atoms with E-state index in [0.717, 1.165) is 68.2 Å². The van der Waals surface area contributed by atoms with Crippen LogP contribution in [0.3, 0.4) is 0 Å². The van der Waals surface area contributed by atoms with Crippen molar-refractivity contribution in [1.29, 1.82) is 0 Å². The number of aromatic nitrogens is 1. The molecule has 1 saturated carbocycles. The molecule has 0 radical (unpaired) electrons. The zero-order valence-corrected chi connectivity index (χ0v) is 20.5. The van der Waals surface area contributed by atoms with E-state index in [4.69, 9.17) is 0 Å². The monoisotopic (exact) mass is 465 g/mol. The van der Waals surface area contributed by atoms with Gasteiger partial charge in [-0.3, -0.25) is 14.2 Å². The van der Waals surface area contributed by atoms with E-state index in [1.165, 1.54) is 11.6 Å². The molecule has 0 bridgehead atoms. The second-order valence-electron chi connectivity index (χ2n) is 10.6. The molecule has 4 atom stereocenters. The number of fused-ring (bicyclic) bond motifs is 1. The van der Waals surface area contributed by atoms with Gasteiger partial charge in [0.2, 0.25) is 0 Å². The first-order valence-electron chi connectivity index (χ1n) is 12.9. The van der Waals surface area contributed by atoms with Crippen molar-refractivity contribution in [1.82, 2.24) is 4.98 Å². The van der Waals surface area contributed by atoms with Gasteiger partial charge in [-0.15, -0.1) is 0 Å². The highest BCUT2D eigenvalue weighted by Gasteiger charge is 2.29. The number of Topliss-reactive ketones (excluding diaryl/α,β-unsaturated/α-hetero) is 1. The third-order valence-corrected chi connectivity index (χ3v) is 8.03. The summed E-state index contributed by atoms with van der Waals surface area (Å²) in [5.74, 6) is 1.20. The van der Waals surface area contributed by atoms with Crippen LogP contribution in [0.15, 0.2) is 36.5 Å². The van der Waals surface area contributed by atoms with Crippen LogP contribution in [0.5, 0.6) is 0 Å². The number of hydrogen-bond donors (Lipinski definition) is 0. The Balaban J connectivity index is 1.42. The molecular formula is C30H37F2NO. The molecule has 2 nitrogen and oxygen atoms in total. The van der Waals surface area contributed by atoms with Crippen molar-refractivity contribution in [2.24, 2.45) is 23.7 Å². The smallest absolute Gasteiger partial charge is 0.136 e. The Morgan fingerprint density at radius 2 is 1.91 bits per heavy atom. The van der Waals surface area contributed by atoms with Crippen molar-refractivity contribution >= 4 is 11.9 Å². The van der Waals surface area contributed by atoms with Gasteiger partial charge in [-0.05, 0) is 111 Å². The van der Waals surface area contributed by atoms with E-state index >= 15 is 0 Å². The summed E-state index contributed by atoms with van der Waals surface area (Å²) in [6.45, 7) is 3.74. The quantitative estimate of drug-likeness (QED) is 0.449. The maximum Gasteiger partial charge on any atom is 0.136 e. The summed E-state index contributed by atoms with van der Waals surface area (Å²) < 4.78 is 26.8. The molecule has 4 heteroatoms. The maximum atomic E-state index is 13.7. The SMILES string of the molecule is Cc1cc(-c2cnc3c(c2)CCC(CC(=O)C2CCCC(CF)CCC2C)CC=C3)ccc1F. The van der Waals surface area contributed by atoms with Crippen molar-refractivity contribution in [2.45, 2.75) is 71.6 Å². The largest absolute Gasteiger partial charge is 0.299 e. The van der Waals surface area contributed by atoms with Crippen LogP contribution in [-0.4, -0.2) is 17.4 Å². The lowest BCUT2D eigenvalue weighted by Gasteiger charge is -2.29. The van der Waals surface area contributed by atoms with Crippen LogP contribution in [0.1, 0.15) is 75.1 Å². The van der Waals surface area contributed by atoms with Gasteiger partial charge in [0.05, 0.1) is 12.4 Å². The van der Waals surface area contributed by atoms with Crippen LogP contribution in [0, 0.1) is 36.4 Å². The molecule has 4 rings (SSSR count). The van der Waals surface area contributed by atoms with Crippen LogP contribution >= 0.6 is 0 Å². The number of pyridine rings is 1. The lowest BCUT2D eigenvalue weighted by atomic mass is 9.75. The zero-order valence-electron chi connectivity index (χ0n) is 20.5. The summed E-state index contributed by atoms with van der Waals surface area (Å²) in [4.78, 5) is 18.0. The Labute approximate surface area is 202 Å². The minimum absolute atomic E-state index is 0.122. The highest BCUT2D eigenvalue weighted by Crippen LogP contribution is 2.34. The van der Waals surface area contributed by atoms with E-state index in [1.807, 2.05) is 12.3 Å². The molecule has 0 aliphatic heterocycles. The summed E-state index contributed by atoms with van der Waals surface area (Å²) in [7, 11) is 0. The van der Waals surface area contributed by atoms with Gasteiger partial charge in [0.25, 0.3) is 0 Å². The maximum absolute atomic E-state index is 13.7. The van der Waals surface area contributed by atoms with E-state index in [-0.39, 0.29) is 24.3 Å². The first-order chi connectivity index (χ1) is 16.4. The highest BCUT2D eigenvalue weighted by molar-refractivity contribution is 5.81. The standard InChI is InChI=1S/C30H37F2NO/c1-20-9-10-23(18-31)6-3-7-27(20)30(34)16-22-5-4-8-29-25(12-11-22)17-26(19-33-29)24-13-14-28(32)21(2)15-24/h4,8,13-15,17,19-20,22-23,27H,3,5-7,9-12,16,18H2,1-2H3. The van der Waals surface area contributed by atoms with Crippen LogP contribution in [-0.2, 0) is 11.2 Å². The van der Waals surface area contributed by atoms with Gasteiger partial charge in [-0.25, -0.2) is 4.39 Å². The average molecular weight is 466 g/mol.